The van der Waals surface area contributed by atoms with Crippen molar-refractivity contribution >= 4 is 24.3 Å². The third kappa shape index (κ3) is 4.79. The van der Waals surface area contributed by atoms with Crippen molar-refractivity contribution < 1.29 is 19.1 Å². The fourth-order valence-corrected chi connectivity index (χ4v) is 6.43. The van der Waals surface area contributed by atoms with Crippen LogP contribution in [0.3, 0.4) is 0 Å². The molecule has 2 aromatic carbocycles. The van der Waals surface area contributed by atoms with Gasteiger partial charge in [-0.1, -0.05) is 41.8 Å². The molecular weight excluding hydrogens is 462 g/mol. The first kappa shape index (κ1) is 24.2. The van der Waals surface area contributed by atoms with Crippen molar-refractivity contribution in [3.63, 3.8) is 0 Å². The van der Waals surface area contributed by atoms with Crippen LogP contribution in [-0.2, 0) is 15.3 Å². The number of nitrogens with zero attached hydrogens (tertiary/aromatic N) is 3. The Labute approximate surface area is 211 Å². The first-order valence-electron chi connectivity index (χ1n) is 12.2. The maximum atomic E-state index is 13.2. The molecule has 3 fully saturated rings. The first-order valence-corrected chi connectivity index (χ1v) is 13.1. The van der Waals surface area contributed by atoms with E-state index in [4.69, 9.17) is 9.47 Å². The molecule has 186 valence electrons. The second-order valence-electron chi connectivity index (χ2n) is 9.97. The number of hydrogen-bond acceptors (Lipinski definition) is 6. The number of aryl methyl sites for hydroxylation is 2. The number of benzene rings is 2. The Hall–Kier alpha value is -2.55. The highest BCUT2D eigenvalue weighted by Crippen LogP contribution is 2.43. The number of hydrogen-bond donors (Lipinski definition) is 0. The summed E-state index contributed by atoms with van der Waals surface area (Å²) in [4.78, 5) is 27.8. The molecule has 5 rings (SSSR count). The second kappa shape index (κ2) is 9.84. The quantitative estimate of drug-likeness (QED) is 0.414. The highest BCUT2D eigenvalue weighted by Gasteiger charge is 2.53. The average Bonchev–Trinajstić information content (AvgIpc) is 3.22. The molecule has 3 heterocycles. The normalized spacial score (nSPS) is 23.2. The molecule has 2 unspecified atom stereocenters. The van der Waals surface area contributed by atoms with Crippen molar-refractivity contribution in [2.24, 2.45) is 0 Å². The smallest absolute Gasteiger partial charge is 0.254 e. The molecule has 7 nitrogen and oxygen atoms in total. The number of methoxy groups -OCH3 is 1. The van der Waals surface area contributed by atoms with Crippen LogP contribution < -0.4 is 4.74 Å². The predicted molar refractivity (Wildman–Crippen MR) is 136 cm³/mol. The maximum Gasteiger partial charge on any atom is 0.254 e. The summed E-state index contributed by atoms with van der Waals surface area (Å²) in [6.07, 6.45) is 1.70. The molecule has 35 heavy (non-hydrogen) atoms. The maximum absolute atomic E-state index is 13.2. The van der Waals surface area contributed by atoms with Gasteiger partial charge in [-0.2, -0.15) is 0 Å². The minimum absolute atomic E-state index is 0.0251. The number of amides is 2. The van der Waals surface area contributed by atoms with E-state index in [2.05, 4.69) is 16.4 Å². The fraction of sp³-hybridized carbons (Fsp3) is 0.481. The van der Waals surface area contributed by atoms with Gasteiger partial charge in [0.2, 0.25) is 6.41 Å². The largest absolute Gasteiger partial charge is 0.486 e. The topological polar surface area (TPSA) is 62.3 Å². The second-order valence-corrected chi connectivity index (χ2v) is 11.0. The van der Waals surface area contributed by atoms with Crippen LogP contribution in [0.5, 0.6) is 5.75 Å². The van der Waals surface area contributed by atoms with Gasteiger partial charge in [0.05, 0.1) is 18.6 Å². The van der Waals surface area contributed by atoms with E-state index in [0.29, 0.717) is 13.1 Å². The van der Waals surface area contributed by atoms with Gasteiger partial charge in [0, 0.05) is 38.1 Å². The molecule has 2 amide bonds. The van der Waals surface area contributed by atoms with Crippen LogP contribution in [0.2, 0.25) is 0 Å². The van der Waals surface area contributed by atoms with E-state index in [-0.39, 0.29) is 23.7 Å². The van der Waals surface area contributed by atoms with E-state index in [1.54, 1.807) is 7.11 Å². The van der Waals surface area contributed by atoms with E-state index < -0.39 is 0 Å². The molecule has 0 aliphatic carbocycles. The van der Waals surface area contributed by atoms with E-state index in [0.717, 1.165) is 60.7 Å². The molecule has 0 saturated carbocycles. The monoisotopic (exact) mass is 495 g/mol. The van der Waals surface area contributed by atoms with Crippen molar-refractivity contribution in [2.45, 2.75) is 43.8 Å². The molecule has 2 atom stereocenters. The fourth-order valence-electron chi connectivity index (χ4n) is 5.24. The Kier molecular flexibility index (Phi) is 6.79. The Morgan fingerprint density at radius 3 is 2.66 bits per heavy atom. The van der Waals surface area contributed by atoms with E-state index in [1.165, 1.54) is 5.56 Å². The number of rotatable bonds is 8. The van der Waals surface area contributed by atoms with E-state index in [9.17, 15) is 9.59 Å². The highest BCUT2D eigenvalue weighted by molar-refractivity contribution is 7.96. The van der Waals surface area contributed by atoms with Crippen LogP contribution in [0, 0.1) is 13.8 Å². The summed E-state index contributed by atoms with van der Waals surface area (Å²) < 4.78 is 14.5. The van der Waals surface area contributed by atoms with Gasteiger partial charge in [-0.05, 0) is 49.6 Å². The zero-order valence-corrected chi connectivity index (χ0v) is 21.4. The van der Waals surface area contributed by atoms with Gasteiger partial charge >= 0.3 is 0 Å². The standard InChI is InChI=1S/C27H33N3O4S/c1-19-7-8-20(2)23(11-19)26(32)29-13-24(33-3)25(14-29)34-22-6-4-5-21(12-22)15-35-30-10-9-27(30)16-28(17-27)18-31/h4-8,11-12,18,24-25H,9-10,13-17H2,1-3H3. The molecule has 3 aliphatic heterocycles. The van der Waals surface area contributed by atoms with Crippen molar-refractivity contribution in [1.29, 1.82) is 0 Å². The SMILES string of the molecule is COC1CN(C(=O)c2cc(C)ccc2C)CC1Oc1cccc(CSN2CCC23CN(C=O)C3)c1. The molecule has 1 spiro atoms. The van der Waals surface area contributed by atoms with Crippen LogP contribution in [0.4, 0.5) is 0 Å². The number of ether oxygens (including phenoxy) is 2. The van der Waals surface area contributed by atoms with Crippen molar-refractivity contribution in [3.8, 4) is 5.75 Å². The number of carbonyl (C=O) groups excluding carboxylic acids is 2. The van der Waals surface area contributed by atoms with Gasteiger partial charge in [0.25, 0.3) is 5.91 Å². The summed E-state index contributed by atoms with van der Waals surface area (Å²) in [5, 5.41) is 0. The van der Waals surface area contributed by atoms with E-state index >= 15 is 0 Å². The van der Waals surface area contributed by atoms with Gasteiger partial charge in [0.1, 0.15) is 18.0 Å². The summed E-state index contributed by atoms with van der Waals surface area (Å²) in [7, 11) is 1.68. The van der Waals surface area contributed by atoms with Gasteiger partial charge in [-0.15, -0.1) is 0 Å². The van der Waals surface area contributed by atoms with Crippen molar-refractivity contribution in [1.82, 2.24) is 14.1 Å². The van der Waals surface area contributed by atoms with Crippen LogP contribution >= 0.6 is 11.9 Å². The summed E-state index contributed by atoms with van der Waals surface area (Å²) in [5.41, 5.74) is 4.17. The third-order valence-corrected chi connectivity index (χ3v) is 8.80. The average molecular weight is 496 g/mol. The minimum atomic E-state index is -0.222. The van der Waals surface area contributed by atoms with Crippen LogP contribution in [0.15, 0.2) is 42.5 Å². The van der Waals surface area contributed by atoms with Crippen LogP contribution in [0.25, 0.3) is 0 Å². The lowest BCUT2D eigenvalue weighted by atomic mass is 9.80. The Morgan fingerprint density at radius 2 is 1.94 bits per heavy atom. The molecule has 0 radical (unpaired) electrons. The third-order valence-electron chi connectivity index (χ3n) is 7.45. The zero-order valence-electron chi connectivity index (χ0n) is 20.6. The molecule has 2 aromatic rings. The zero-order chi connectivity index (χ0) is 24.6. The van der Waals surface area contributed by atoms with Gasteiger partial charge in [-0.25, -0.2) is 4.31 Å². The molecular formula is C27H33N3O4S. The molecule has 3 aliphatic rings. The summed E-state index contributed by atoms with van der Waals surface area (Å²) in [5.74, 6) is 1.68. The summed E-state index contributed by atoms with van der Waals surface area (Å²) in [6, 6.07) is 14.2. The number of likely N-dealkylation sites (tertiary alicyclic amines) is 2. The minimum Gasteiger partial charge on any atom is -0.486 e. The number of carbonyl (C=O) groups is 2. The van der Waals surface area contributed by atoms with Gasteiger partial charge in [0.15, 0.2) is 0 Å². The Balaban J connectivity index is 1.20. The van der Waals surface area contributed by atoms with Crippen molar-refractivity contribution in [2.75, 3.05) is 39.8 Å². The summed E-state index contributed by atoms with van der Waals surface area (Å²) >= 11 is 1.83. The Morgan fingerprint density at radius 1 is 1.14 bits per heavy atom. The van der Waals surface area contributed by atoms with Crippen LogP contribution in [-0.4, -0.2) is 84.0 Å². The van der Waals surface area contributed by atoms with E-state index in [1.807, 2.05) is 65.9 Å². The molecule has 3 saturated heterocycles. The van der Waals surface area contributed by atoms with Crippen molar-refractivity contribution in [3.05, 3.63) is 64.7 Å². The first-order chi connectivity index (χ1) is 16.9. The van der Waals surface area contributed by atoms with Crippen LogP contribution in [0.1, 0.15) is 33.5 Å². The highest BCUT2D eigenvalue weighted by atomic mass is 32.2. The molecule has 0 bridgehead atoms. The molecule has 0 N–H and O–H groups in total. The lowest BCUT2D eigenvalue weighted by molar-refractivity contribution is -0.135. The predicted octanol–water partition coefficient (Wildman–Crippen LogP) is 3.29. The lowest BCUT2D eigenvalue weighted by Crippen LogP contribution is -2.74. The molecule has 8 heteroatoms. The Bertz CT molecular complexity index is 1100. The van der Waals surface area contributed by atoms with Gasteiger partial charge in [-0.3, -0.25) is 9.59 Å². The lowest BCUT2D eigenvalue weighted by Gasteiger charge is -2.61. The summed E-state index contributed by atoms with van der Waals surface area (Å²) in [6.45, 7) is 7.72. The van der Waals surface area contributed by atoms with Gasteiger partial charge < -0.3 is 19.3 Å². The molecule has 0 aromatic heterocycles.